The van der Waals surface area contributed by atoms with Crippen LogP contribution in [0.1, 0.15) is 147 Å². The van der Waals surface area contributed by atoms with Gasteiger partial charge in [0.05, 0.1) is 91.8 Å². The second kappa shape index (κ2) is 28.5. The van der Waals surface area contributed by atoms with E-state index in [2.05, 4.69) is 25.2 Å². The third-order valence-electron chi connectivity index (χ3n) is 21.7. The number of carbonyl (C=O) groups is 5. The lowest BCUT2D eigenvalue weighted by Crippen LogP contribution is -2.67. The minimum absolute atomic E-state index is 0.00396. The van der Waals surface area contributed by atoms with Crippen molar-refractivity contribution in [2.75, 3.05) is 7.11 Å². The summed E-state index contributed by atoms with van der Waals surface area (Å²) in [5.41, 5.74) is -4.75. The Morgan fingerprint density at radius 2 is 1.35 bits per heavy atom. The molecule has 2 bridgehead atoms. The Labute approximate surface area is 543 Å². The predicted octanol–water partition coefficient (Wildman–Crippen LogP) is 6.27. The van der Waals surface area contributed by atoms with Crippen molar-refractivity contribution in [3.8, 4) is 0 Å². The van der Waals surface area contributed by atoms with E-state index in [0.29, 0.717) is 44.0 Å². The minimum Gasteiger partial charge on any atom is -0.762 e. The molecule has 0 aromatic carbocycles. The summed E-state index contributed by atoms with van der Waals surface area (Å²) in [6.45, 7) is 21.2. The molecule has 0 radical (unpaired) electrons. The van der Waals surface area contributed by atoms with Gasteiger partial charge in [0, 0.05) is 62.7 Å². The Kier molecular flexibility index (Phi) is 21.8. The highest BCUT2D eigenvalue weighted by molar-refractivity contribution is 6.26. The highest BCUT2D eigenvalue weighted by Gasteiger charge is 2.65. The van der Waals surface area contributed by atoms with Crippen LogP contribution in [0.2, 0.25) is 0 Å². The smallest absolute Gasteiger partial charge is 0.407 e. The second-order valence-electron chi connectivity index (χ2n) is 28.2. The number of rotatable bonds is 14. The van der Waals surface area contributed by atoms with Crippen molar-refractivity contribution in [3.05, 3.63) is 63.6 Å². The largest absolute Gasteiger partial charge is 0.762 e. The number of aliphatic hydroxyl groups is 4. The van der Waals surface area contributed by atoms with Crippen molar-refractivity contribution < 1.29 is 111 Å². The molecule has 26 heteroatoms. The number of allylic oxidation sites excluding steroid dienone is 3. The van der Waals surface area contributed by atoms with Crippen LogP contribution in [0.25, 0.3) is 0 Å². The predicted molar refractivity (Wildman–Crippen MR) is 325 cm³/mol. The van der Waals surface area contributed by atoms with Gasteiger partial charge in [-0.15, -0.1) is 0 Å². The quantitative estimate of drug-likeness (QED) is 0.0278. The minimum atomic E-state index is -2.19. The Bertz CT molecular complexity index is 2900. The van der Waals surface area contributed by atoms with Gasteiger partial charge in [-0.1, -0.05) is 50.6 Å². The molecule has 0 aromatic rings. The van der Waals surface area contributed by atoms with Gasteiger partial charge >= 0.3 is 18.0 Å². The van der Waals surface area contributed by atoms with Gasteiger partial charge in [0.2, 0.25) is 5.78 Å². The number of hydroxylamine groups is 2. The molecule has 1 amide bonds. The average molecular weight is 1310 g/mol. The van der Waals surface area contributed by atoms with Crippen LogP contribution in [0.5, 0.6) is 0 Å². The molecular formula is C67H97N2O24-. The zero-order valence-corrected chi connectivity index (χ0v) is 55.5. The number of Topliss-reactive ketones (excluding diaryl/α,β-unsaturated/α-hetero) is 1. The average Bonchev–Trinajstić information content (AvgIpc) is 1.68. The van der Waals surface area contributed by atoms with E-state index in [-0.39, 0.29) is 48.3 Å². The molecule has 6 heterocycles. The number of ketones is 1. The van der Waals surface area contributed by atoms with Gasteiger partial charge in [0.15, 0.2) is 43.2 Å². The van der Waals surface area contributed by atoms with Crippen LogP contribution >= 0.6 is 0 Å². The van der Waals surface area contributed by atoms with Crippen molar-refractivity contribution in [2.45, 2.75) is 281 Å². The van der Waals surface area contributed by atoms with Crippen molar-refractivity contribution >= 4 is 30.1 Å². The van der Waals surface area contributed by atoms with Gasteiger partial charge in [-0.2, -0.15) is 0 Å². The summed E-state index contributed by atoms with van der Waals surface area (Å²) in [7, 11) is 1.16. The molecule has 6 N–H and O–H groups in total. The first-order chi connectivity index (χ1) is 43.9. The van der Waals surface area contributed by atoms with E-state index < -0.39 is 205 Å². The fourth-order valence-corrected chi connectivity index (χ4v) is 16.9. The molecule has 26 nitrogen and oxygen atoms in total. The highest BCUT2D eigenvalue weighted by atomic mass is 16.8. The number of hydrogen-bond donors (Lipinski definition) is 6. The maximum absolute atomic E-state index is 15.6. The number of methoxy groups -OCH3 is 1. The van der Waals surface area contributed by atoms with E-state index in [1.807, 2.05) is 39.8 Å². The topological polar surface area (TPSA) is 345 Å². The molecular weight excluding hydrogens is 1220 g/mol. The molecule has 0 unspecified atom stereocenters. The monoisotopic (exact) mass is 1310 g/mol. The number of ether oxygens (including phenoxy) is 13. The molecule has 1 saturated carbocycles. The van der Waals surface area contributed by atoms with E-state index >= 15 is 4.79 Å². The first-order valence-corrected chi connectivity index (χ1v) is 33.1. The molecule has 29 atom stereocenters. The Hall–Kier alpha value is -4.59. The lowest BCUT2D eigenvalue weighted by atomic mass is 9.49. The van der Waals surface area contributed by atoms with E-state index in [1.54, 1.807) is 33.8 Å². The second-order valence-corrected chi connectivity index (χ2v) is 28.2. The van der Waals surface area contributed by atoms with E-state index in [9.17, 15) is 50.0 Å². The fraction of sp³-hybridized carbons (Fsp3) is 0.776. The van der Waals surface area contributed by atoms with Crippen LogP contribution in [0.15, 0.2) is 58.4 Å². The lowest BCUT2D eigenvalue weighted by Gasteiger charge is -2.56. The number of nitrogens with one attached hydrogen (secondary N) is 1. The molecule has 0 aromatic heterocycles. The number of fused-ring (bicyclic) bond motifs is 4. The number of amides is 1. The van der Waals surface area contributed by atoms with Crippen LogP contribution in [-0.4, -0.2) is 202 Å². The fourth-order valence-electron chi connectivity index (χ4n) is 16.9. The molecule has 520 valence electrons. The van der Waals surface area contributed by atoms with E-state index in [1.165, 1.54) is 19.9 Å². The molecule has 10 aliphatic rings. The van der Waals surface area contributed by atoms with Gasteiger partial charge in [0.25, 0.3) is 0 Å². The van der Waals surface area contributed by atoms with Crippen molar-refractivity contribution in [1.29, 1.82) is 0 Å². The molecule has 1 spiro atoms. The summed E-state index contributed by atoms with van der Waals surface area (Å²) in [6, 6.07) is -1.06. The van der Waals surface area contributed by atoms with Crippen molar-refractivity contribution in [1.82, 2.24) is 10.5 Å². The number of aliphatic hydroxyl groups excluding tert-OH is 4. The third-order valence-corrected chi connectivity index (χ3v) is 21.7. The first-order valence-electron chi connectivity index (χ1n) is 33.1. The Morgan fingerprint density at radius 3 is 2.01 bits per heavy atom. The summed E-state index contributed by atoms with van der Waals surface area (Å²) in [6.07, 6.45) is -3.89. The first kappa shape index (κ1) is 71.2. The van der Waals surface area contributed by atoms with E-state index in [0.717, 1.165) is 12.7 Å². The molecule has 93 heavy (non-hydrogen) atoms. The van der Waals surface area contributed by atoms with E-state index in [4.69, 9.17) is 61.6 Å². The summed E-state index contributed by atoms with van der Waals surface area (Å²) < 4.78 is 81.6. The highest BCUT2D eigenvalue weighted by Crippen LogP contribution is 2.61. The van der Waals surface area contributed by atoms with Gasteiger partial charge in [-0.3, -0.25) is 19.6 Å². The lowest BCUT2D eigenvalue weighted by molar-refractivity contribution is -0.331. The molecule has 4 aliphatic carbocycles. The van der Waals surface area contributed by atoms with Gasteiger partial charge in [-0.25, -0.2) is 9.59 Å². The Balaban J connectivity index is 0.903. The molecule has 7 fully saturated rings. The number of hydrogen-bond acceptors (Lipinski definition) is 25. The van der Waals surface area contributed by atoms with Crippen LogP contribution in [0.4, 0.5) is 4.79 Å². The molecule has 10 rings (SSSR count). The Morgan fingerprint density at radius 1 is 0.720 bits per heavy atom. The SMILES string of the molecule is COC(=O)N[C@H]1[C@@H](C)O[C@@H](O[C@H]2C/C=C(/C)[C@@H]3C=C[C@H]4[C@@H](O[C@@H]5C[C@H](O[C@@H]6CC[C@@H](O[C@@H]7C[C@@H](O)[C@H](O[C@@H]8CC[C@@H](O)[C@H](C)O8)[C@@H](C)O7)[C@H](C)O6)[C@H](OC(C)=O)[C@H](C)O5)[C@@H](C)C[C@H](C)[C@H]4[C@]3(C)C(O)=C3C(=O)O[C@]4(CC(C=O)=C[C@@H](O)[C@H]4/C=C/2C)C3=O)C[C@]1(C)N([O-])O. The normalized spacial score (nSPS) is 47.5. The van der Waals surface area contributed by atoms with Crippen LogP contribution in [0, 0.1) is 46.1 Å². The summed E-state index contributed by atoms with van der Waals surface area (Å²) in [5, 5.41) is 72.5. The summed E-state index contributed by atoms with van der Waals surface area (Å²) in [4.78, 5) is 68.1. The maximum atomic E-state index is 15.6. The molecule has 6 aliphatic heterocycles. The van der Waals surface area contributed by atoms with Crippen LogP contribution < -0.4 is 5.32 Å². The van der Waals surface area contributed by atoms with Gasteiger partial charge in [0.1, 0.15) is 29.8 Å². The zero-order valence-electron chi connectivity index (χ0n) is 55.5. The maximum Gasteiger partial charge on any atom is 0.407 e. The van der Waals surface area contributed by atoms with Crippen molar-refractivity contribution in [3.63, 3.8) is 0 Å². The van der Waals surface area contributed by atoms with Crippen LogP contribution in [-0.2, 0) is 80.8 Å². The summed E-state index contributed by atoms with van der Waals surface area (Å²) >= 11 is 0. The summed E-state index contributed by atoms with van der Waals surface area (Å²) in [5.74, 6) is -6.40. The van der Waals surface area contributed by atoms with Gasteiger partial charge < -0.3 is 97.7 Å². The number of alkyl carbamates (subject to hydrolysis) is 1. The molecule has 6 saturated heterocycles. The number of nitrogens with zero attached hydrogens (tertiary/aromatic N) is 1. The standard InChI is InChI=1S/C67H97N2O24/c1-30-14-18-47(88-54-28-65(11,69(79)80)60(38(9)86-54)68-64(78)81-13)31(2)23-43-45(73)24-40(29-70)27-67(43)62(76)55(63(77)93-67)61(75)66(12)42(30)16-15-41-56(66)32(3)22-33(4)57(41)92-53-26-49(59(37(8)85-53)87-39(10)71)90-50-21-19-48(35(6)83-50)89-52-25-46(74)58(36(7)84-52)91-51-20-17-44(72)34(5)82-51/h14-16,23-24,29,32-38,41-54,56-60,72-75,79H,17-22,25-28H2,1-13H3,(H,68,78)/q-1/b30-14-,31-23+,61-55?/t32-,33-,34-,35-,36+,37-,38+,41+,42-,43+,44+,45+,46+,47-,48+,49-,50+,51+,52+,53+,54-,56+,57-,58+,59+,60-,65-,66+,67-/m0/s1. The zero-order chi connectivity index (χ0) is 67.5. The third kappa shape index (κ3) is 14.1. The van der Waals surface area contributed by atoms with Crippen LogP contribution in [0.3, 0.4) is 0 Å². The number of aldehydes is 1. The number of esters is 2. The van der Waals surface area contributed by atoms with Crippen molar-refractivity contribution in [2.24, 2.45) is 40.9 Å². The van der Waals surface area contributed by atoms with Gasteiger partial charge in [-0.05, 0) is 116 Å². The number of carbonyl (C=O) groups excluding carboxylic acids is 5.